The van der Waals surface area contributed by atoms with Crippen LogP contribution in [0.4, 0.5) is 0 Å². The van der Waals surface area contributed by atoms with Crippen LogP contribution >= 0.6 is 0 Å². The van der Waals surface area contributed by atoms with Crippen LogP contribution in [-0.2, 0) is 20.4 Å². The molecule has 0 aromatic rings. The van der Waals surface area contributed by atoms with Crippen LogP contribution < -0.4 is 0 Å². The van der Waals surface area contributed by atoms with Crippen LogP contribution in [0.15, 0.2) is 0 Å². The first-order chi connectivity index (χ1) is 5.20. The van der Waals surface area contributed by atoms with Gasteiger partial charge in [-0.2, -0.15) is 0 Å². The molecule has 0 radical (unpaired) electrons. The molecule has 14 heavy (non-hydrogen) atoms. The first-order valence-electron chi connectivity index (χ1n) is 1.64. The minimum absolute atomic E-state index is 0. The van der Waals surface area contributed by atoms with Crippen LogP contribution in [-0.4, -0.2) is 15.3 Å². The summed E-state index contributed by atoms with van der Waals surface area (Å²) in [6.45, 7) is 0. The third-order valence-electron chi connectivity index (χ3n) is 0. The molecule has 12 nitrogen and oxygen atoms in total. The second kappa shape index (κ2) is 22.6. The van der Waals surface area contributed by atoms with Crippen molar-refractivity contribution in [1.29, 1.82) is 0 Å². The quantitative estimate of drug-likeness (QED) is 0.295. The third kappa shape index (κ3) is 459. The Balaban J connectivity index is -0.0000000270. The molecule has 0 saturated carbocycles. The van der Waals surface area contributed by atoms with Crippen LogP contribution in [0.25, 0.3) is 0 Å². The molecule has 0 atom stereocenters. The molecule has 0 N–H and O–H groups in total. The van der Waals surface area contributed by atoms with Gasteiger partial charge in [-0.3, -0.25) is 0 Å². The standard InChI is InChI=1S/ClH2.3NO3.Pd/c;3*2-1(3)4;/h1H2;;;;/q+1;3*-1;+2. The molecule has 0 aliphatic rings. The van der Waals surface area contributed by atoms with E-state index in [0.717, 1.165) is 0 Å². The Morgan fingerprint density at radius 3 is 0.571 bits per heavy atom. The van der Waals surface area contributed by atoms with Gasteiger partial charge in [-0.05, 0) is 0 Å². The molecule has 14 heteroatoms. The van der Waals surface area contributed by atoms with E-state index in [2.05, 4.69) is 0 Å². The van der Waals surface area contributed by atoms with Crippen LogP contribution in [0, 0.1) is 58.4 Å². The van der Waals surface area contributed by atoms with E-state index >= 15 is 0 Å². The van der Waals surface area contributed by atoms with Crippen molar-refractivity contribution in [1.82, 2.24) is 0 Å². The molecule has 0 amide bonds. The van der Waals surface area contributed by atoms with E-state index < -0.39 is 15.3 Å². The fraction of sp³-hybridized carbons (Fsp3) is 0. The van der Waals surface area contributed by atoms with E-state index in [0.29, 0.717) is 0 Å². The molecule has 0 heterocycles. The average molecular weight is 330 g/mol. The van der Waals surface area contributed by atoms with Gasteiger partial charge in [0, 0.05) is 0 Å². The Labute approximate surface area is 94.5 Å². The molecule has 0 fully saturated rings. The van der Waals surface area contributed by atoms with Gasteiger partial charge in [-0.15, -0.1) is 0 Å². The summed E-state index contributed by atoms with van der Waals surface area (Å²) in [7, 11) is 0. The molecule has 0 bridgehead atoms. The van der Waals surface area contributed by atoms with Crippen LogP contribution in [0.2, 0.25) is 0 Å². The molecular formula is H2ClN3O9Pd. The Hall–Kier alpha value is -1.45. The molecular weight excluding hydrogens is 328 g/mol. The second-order valence-electron chi connectivity index (χ2n) is 0.671. The molecule has 0 unspecified atom stereocenters. The van der Waals surface area contributed by atoms with E-state index in [1.807, 2.05) is 0 Å². The van der Waals surface area contributed by atoms with Crippen molar-refractivity contribution in [2.45, 2.75) is 0 Å². The van der Waals surface area contributed by atoms with E-state index in [-0.39, 0.29) is 32.8 Å². The summed E-state index contributed by atoms with van der Waals surface area (Å²) in [5, 5.41) is 44.2. The minimum Gasteiger partial charge on any atom is -0.356 e. The van der Waals surface area contributed by atoms with Crippen LogP contribution in [0.5, 0.6) is 0 Å². The second-order valence-corrected chi connectivity index (χ2v) is 0.671. The van der Waals surface area contributed by atoms with Gasteiger partial charge in [-0.25, -0.2) is 0 Å². The Morgan fingerprint density at radius 2 is 0.571 bits per heavy atom. The molecule has 0 aromatic carbocycles. The Bertz CT molecular complexity index is 118. The van der Waals surface area contributed by atoms with Gasteiger partial charge < -0.3 is 46.0 Å². The number of halogens is 1. The topological polar surface area (TPSA) is 199 Å². The average Bonchev–Trinajstić information content (AvgIpc) is 1.54. The maximum atomic E-state index is 8.25. The zero-order valence-corrected chi connectivity index (χ0v) is 8.23. The van der Waals surface area contributed by atoms with Crippen molar-refractivity contribution in [2.75, 3.05) is 0 Å². The van der Waals surface area contributed by atoms with Gasteiger partial charge in [-0.1, -0.05) is 0 Å². The van der Waals surface area contributed by atoms with Gasteiger partial charge in [0.05, 0.1) is 27.7 Å². The number of hydrogen-bond acceptors (Lipinski definition) is 9. The number of hydrogen-bond donors (Lipinski definition) is 0. The number of rotatable bonds is 0. The molecule has 0 aromatic heterocycles. The van der Waals surface area contributed by atoms with Crippen LogP contribution in [0.3, 0.4) is 0 Å². The summed E-state index contributed by atoms with van der Waals surface area (Å²) in [5.74, 6) is 0. The predicted octanol–water partition coefficient (Wildman–Crippen LogP) is -1.26. The van der Waals surface area contributed by atoms with Gasteiger partial charge in [0.25, 0.3) is 0 Å². The minimum atomic E-state index is -1.75. The normalized spacial score (nSPS) is 5.14. The van der Waals surface area contributed by atoms with E-state index in [1.54, 1.807) is 0 Å². The zero-order valence-electron chi connectivity index (χ0n) is 5.78. The maximum Gasteiger partial charge on any atom is 2.00 e. The Kier molecular flexibility index (Phi) is 47.3. The fourth-order valence-corrected chi connectivity index (χ4v) is 0. The molecule has 0 saturated heterocycles. The molecule has 0 aliphatic carbocycles. The van der Waals surface area contributed by atoms with Crippen molar-refractivity contribution in [3.8, 4) is 0 Å². The predicted molar refractivity (Wildman–Crippen MR) is 33.9 cm³/mol. The molecule has 0 rings (SSSR count). The summed E-state index contributed by atoms with van der Waals surface area (Å²) in [6, 6.07) is 0. The smallest absolute Gasteiger partial charge is 0.356 e. The summed E-state index contributed by atoms with van der Waals surface area (Å²) < 4.78 is 0. The third-order valence-corrected chi connectivity index (χ3v) is 0. The molecule has 88 valence electrons. The maximum absolute atomic E-state index is 8.25. The van der Waals surface area contributed by atoms with Crippen molar-refractivity contribution >= 4 is 0 Å². The fourth-order valence-electron chi connectivity index (χ4n) is 0. The largest absolute Gasteiger partial charge is 2.00 e. The van der Waals surface area contributed by atoms with Gasteiger partial charge >= 0.3 is 20.4 Å². The van der Waals surface area contributed by atoms with E-state index in [1.165, 1.54) is 0 Å². The van der Waals surface area contributed by atoms with Crippen molar-refractivity contribution < 1.29 is 48.1 Å². The summed E-state index contributed by atoms with van der Waals surface area (Å²) in [5.41, 5.74) is 0. The first kappa shape index (κ1) is 29.4. The van der Waals surface area contributed by atoms with Crippen molar-refractivity contribution in [3.05, 3.63) is 46.0 Å². The van der Waals surface area contributed by atoms with Gasteiger partial charge in [0.2, 0.25) is 0 Å². The SMILES string of the molecule is O=[N+]([O-])[O-].O=[N+]([O-])[O-].O=[N+]([O-])[O-].[ClH2+].[Pd+2]. The van der Waals surface area contributed by atoms with Crippen molar-refractivity contribution in [3.63, 3.8) is 0 Å². The van der Waals surface area contributed by atoms with Gasteiger partial charge in [0.15, 0.2) is 0 Å². The van der Waals surface area contributed by atoms with E-state index in [4.69, 9.17) is 46.0 Å². The Morgan fingerprint density at radius 1 is 0.571 bits per heavy atom. The van der Waals surface area contributed by atoms with Gasteiger partial charge in [0.1, 0.15) is 0 Å². The summed E-state index contributed by atoms with van der Waals surface area (Å²) >= 11 is 0. The monoisotopic (exact) mass is 329 g/mol. The van der Waals surface area contributed by atoms with Crippen LogP contribution in [0.1, 0.15) is 0 Å². The molecule has 0 aliphatic heterocycles. The summed E-state index contributed by atoms with van der Waals surface area (Å²) in [6.07, 6.45) is 0. The zero-order chi connectivity index (χ0) is 10.7. The van der Waals surface area contributed by atoms with Crippen molar-refractivity contribution in [2.24, 2.45) is 0 Å². The first-order valence-corrected chi connectivity index (χ1v) is 1.64. The summed E-state index contributed by atoms with van der Waals surface area (Å²) in [4.78, 5) is 24.8. The van der Waals surface area contributed by atoms with E-state index in [9.17, 15) is 0 Å². The molecule has 0 spiro atoms. The number of nitrogens with zero attached hydrogens (tertiary/aromatic N) is 3.